The SMILES string of the molecule is CC1(C)c2ccc(-c3nc(-c4ccccc4)nc(-c4ccccc4)n3)cc2-c2c1ccc1ccc3nc(-c4ccccc4)oc3c21. The quantitative estimate of drug-likeness (QED) is 0.203. The van der Waals surface area contributed by atoms with Gasteiger partial charge in [0.25, 0.3) is 0 Å². The third kappa shape index (κ3) is 4.09. The van der Waals surface area contributed by atoms with Gasteiger partial charge in [-0.3, -0.25) is 0 Å². The first-order chi connectivity index (χ1) is 22.5. The fourth-order valence-electron chi connectivity index (χ4n) is 6.82. The van der Waals surface area contributed by atoms with Crippen LogP contribution >= 0.6 is 0 Å². The zero-order chi connectivity index (χ0) is 30.8. The molecule has 0 amide bonds. The third-order valence-corrected chi connectivity index (χ3v) is 9.15. The molecule has 0 aliphatic heterocycles. The Morgan fingerprint density at radius 3 is 1.67 bits per heavy atom. The lowest BCUT2D eigenvalue weighted by Gasteiger charge is -2.21. The molecule has 1 aliphatic rings. The molecule has 0 fully saturated rings. The van der Waals surface area contributed by atoms with Gasteiger partial charge in [-0.2, -0.15) is 0 Å². The predicted molar refractivity (Wildman–Crippen MR) is 184 cm³/mol. The van der Waals surface area contributed by atoms with Crippen LogP contribution in [-0.4, -0.2) is 19.9 Å². The number of hydrogen-bond acceptors (Lipinski definition) is 5. The van der Waals surface area contributed by atoms with Crippen LogP contribution < -0.4 is 0 Å². The molecule has 0 saturated carbocycles. The number of aromatic nitrogens is 4. The monoisotopic (exact) mass is 592 g/mol. The third-order valence-electron chi connectivity index (χ3n) is 9.15. The number of hydrogen-bond donors (Lipinski definition) is 0. The Morgan fingerprint density at radius 2 is 1.04 bits per heavy atom. The van der Waals surface area contributed by atoms with Crippen LogP contribution in [-0.2, 0) is 5.41 Å². The molecule has 5 heteroatoms. The standard InChI is InChI=1S/C41H28N4O/c1-41(2)31-21-19-29(39-44-37(26-12-6-3-7-13-26)43-38(45-39)27-14-8-4-9-15-27)24-30(31)35-32(41)22-18-25-20-23-33-36(34(25)35)46-40(42-33)28-16-10-5-11-17-28/h3-24H,1-2H3. The van der Waals surface area contributed by atoms with E-state index in [0.717, 1.165) is 49.7 Å². The van der Waals surface area contributed by atoms with Gasteiger partial charge < -0.3 is 4.42 Å². The van der Waals surface area contributed by atoms with Crippen molar-refractivity contribution in [2.45, 2.75) is 19.3 Å². The van der Waals surface area contributed by atoms with Crippen molar-refractivity contribution in [3.05, 3.63) is 145 Å². The van der Waals surface area contributed by atoms with Gasteiger partial charge in [0, 0.05) is 33.1 Å². The molecule has 8 aromatic rings. The minimum Gasteiger partial charge on any atom is -0.435 e. The van der Waals surface area contributed by atoms with E-state index < -0.39 is 0 Å². The van der Waals surface area contributed by atoms with Crippen molar-refractivity contribution in [1.29, 1.82) is 0 Å². The van der Waals surface area contributed by atoms with Crippen LogP contribution in [0.3, 0.4) is 0 Å². The average molecular weight is 593 g/mol. The first-order valence-electron chi connectivity index (χ1n) is 15.5. The van der Waals surface area contributed by atoms with Crippen LogP contribution in [0.5, 0.6) is 0 Å². The molecular formula is C41H28N4O. The summed E-state index contributed by atoms with van der Waals surface area (Å²) in [7, 11) is 0. The molecule has 0 unspecified atom stereocenters. The van der Waals surface area contributed by atoms with Crippen LogP contribution in [0, 0.1) is 0 Å². The average Bonchev–Trinajstić information content (AvgIpc) is 3.66. The Morgan fingerprint density at radius 1 is 0.500 bits per heavy atom. The summed E-state index contributed by atoms with van der Waals surface area (Å²) in [5.74, 6) is 2.55. The van der Waals surface area contributed by atoms with Crippen molar-refractivity contribution in [2.24, 2.45) is 0 Å². The van der Waals surface area contributed by atoms with Gasteiger partial charge in [0.1, 0.15) is 5.52 Å². The molecule has 0 N–H and O–H groups in total. The lowest BCUT2D eigenvalue weighted by atomic mass is 9.82. The summed E-state index contributed by atoms with van der Waals surface area (Å²) in [5.41, 5.74) is 10.1. The minimum absolute atomic E-state index is 0.203. The summed E-state index contributed by atoms with van der Waals surface area (Å²) in [6.07, 6.45) is 0. The molecule has 2 aromatic heterocycles. The van der Waals surface area contributed by atoms with Crippen molar-refractivity contribution in [2.75, 3.05) is 0 Å². The highest BCUT2D eigenvalue weighted by molar-refractivity contribution is 6.14. The van der Waals surface area contributed by atoms with Gasteiger partial charge in [-0.15, -0.1) is 0 Å². The second kappa shape index (κ2) is 10.0. The zero-order valence-electron chi connectivity index (χ0n) is 25.4. The molecule has 218 valence electrons. The Hall–Kier alpha value is -5.94. The molecule has 0 atom stereocenters. The molecule has 0 saturated heterocycles. The molecule has 0 radical (unpaired) electrons. The first-order valence-corrected chi connectivity index (χ1v) is 15.5. The Kier molecular flexibility index (Phi) is 5.78. The van der Waals surface area contributed by atoms with Gasteiger partial charge in [-0.05, 0) is 51.9 Å². The number of fused-ring (bicyclic) bond motifs is 7. The zero-order valence-corrected chi connectivity index (χ0v) is 25.4. The largest absolute Gasteiger partial charge is 0.435 e. The Balaban J connectivity index is 1.28. The Bertz CT molecular complexity index is 2370. The van der Waals surface area contributed by atoms with Crippen LogP contribution in [0.25, 0.3) is 78.6 Å². The second-order valence-electron chi connectivity index (χ2n) is 12.3. The minimum atomic E-state index is -0.203. The number of nitrogens with zero attached hydrogens (tertiary/aromatic N) is 4. The van der Waals surface area contributed by atoms with Crippen molar-refractivity contribution in [3.8, 4) is 56.7 Å². The molecule has 2 heterocycles. The smallest absolute Gasteiger partial charge is 0.227 e. The van der Waals surface area contributed by atoms with Gasteiger partial charge in [-0.1, -0.05) is 123 Å². The second-order valence-corrected chi connectivity index (χ2v) is 12.3. The summed E-state index contributed by atoms with van der Waals surface area (Å²) >= 11 is 0. The maximum absolute atomic E-state index is 6.58. The van der Waals surface area contributed by atoms with Crippen LogP contribution in [0.4, 0.5) is 0 Å². The van der Waals surface area contributed by atoms with Crippen LogP contribution in [0.15, 0.2) is 138 Å². The predicted octanol–water partition coefficient (Wildman–Crippen LogP) is 10.1. The van der Waals surface area contributed by atoms with E-state index in [0.29, 0.717) is 23.4 Å². The highest BCUT2D eigenvalue weighted by Crippen LogP contribution is 2.53. The van der Waals surface area contributed by atoms with E-state index in [4.69, 9.17) is 24.4 Å². The summed E-state index contributed by atoms with van der Waals surface area (Å²) in [6, 6.07) is 45.6. The van der Waals surface area contributed by atoms with Gasteiger partial charge in [-0.25, -0.2) is 19.9 Å². The van der Waals surface area contributed by atoms with Crippen molar-refractivity contribution >= 4 is 21.9 Å². The molecule has 1 aliphatic carbocycles. The van der Waals surface area contributed by atoms with E-state index in [9.17, 15) is 0 Å². The van der Waals surface area contributed by atoms with E-state index in [1.807, 2.05) is 91.0 Å². The maximum atomic E-state index is 6.58. The molecule has 5 nitrogen and oxygen atoms in total. The highest BCUT2D eigenvalue weighted by atomic mass is 16.3. The molecule has 0 bridgehead atoms. The first kappa shape index (κ1) is 26.5. The Labute approximate surface area is 266 Å². The van der Waals surface area contributed by atoms with E-state index in [2.05, 4.69) is 56.3 Å². The summed E-state index contributed by atoms with van der Waals surface area (Å²) in [4.78, 5) is 19.8. The topological polar surface area (TPSA) is 64.7 Å². The van der Waals surface area contributed by atoms with E-state index in [1.54, 1.807) is 0 Å². The van der Waals surface area contributed by atoms with Crippen molar-refractivity contribution in [3.63, 3.8) is 0 Å². The number of oxazole rings is 1. The van der Waals surface area contributed by atoms with Crippen LogP contribution in [0.1, 0.15) is 25.0 Å². The summed E-state index contributed by atoms with van der Waals surface area (Å²) in [5, 5.41) is 2.20. The van der Waals surface area contributed by atoms with Gasteiger partial charge in [0.2, 0.25) is 5.89 Å². The maximum Gasteiger partial charge on any atom is 0.227 e. The fourth-order valence-corrected chi connectivity index (χ4v) is 6.82. The number of rotatable bonds is 4. The van der Waals surface area contributed by atoms with Gasteiger partial charge in [0.15, 0.2) is 23.1 Å². The summed E-state index contributed by atoms with van der Waals surface area (Å²) in [6.45, 7) is 4.59. The number of benzene rings is 6. The molecule has 9 rings (SSSR count). The molecule has 0 spiro atoms. The molecule has 6 aromatic carbocycles. The van der Waals surface area contributed by atoms with Crippen molar-refractivity contribution < 1.29 is 4.42 Å². The van der Waals surface area contributed by atoms with Gasteiger partial charge >= 0.3 is 0 Å². The van der Waals surface area contributed by atoms with Crippen LogP contribution in [0.2, 0.25) is 0 Å². The lowest BCUT2D eigenvalue weighted by Crippen LogP contribution is -2.14. The van der Waals surface area contributed by atoms with E-state index in [-0.39, 0.29) is 5.41 Å². The molecular weight excluding hydrogens is 564 g/mol. The molecule has 46 heavy (non-hydrogen) atoms. The fraction of sp³-hybridized carbons (Fsp3) is 0.0732. The van der Waals surface area contributed by atoms with Gasteiger partial charge in [0.05, 0.1) is 0 Å². The lowest BCUT2D eigenvalue weighted by molar-refractivity contribution is 0.623. The van der Waals surface area contributed by atoms with E-state index in [1.165, 1.54) is 16.7 Å². The normalized spacial score (nSPS) is 13.2. The summed E-state index contributed by atoms with van der Waals surface area (Å²) < 4.78 is 6.58. The van der Waals surface area contributed by atoms with E-state index >= 15 is 0 Å². The highest BCUT2D eigenvalue weighted by Gasteiger charge is 2.37. The van der Waals surface area contributed by atoms with Crippen molar-refractivity contribution in [1.82, 2.24) is 19.9 Å².